The average Bonchev–Trinajstić information content (AvgIpc) is 2.78. The van der Waals surface area contributed by atoms with Gasteiger partial charge in [-0.15, -0.1) is 0 Å². The third-order valence-corrected chi connectivity index (χ3v) is 4.59. The van der Waals surface area contributed by atoms with Crippen LogP contribution in [0.25, 0.3) is 6.08 Å². The fraction of sp³-hybridized carbons (Fsp3) is 0.333. The van der Waals surface area contributed by atoms with Crippen molar-refractivity contribution >= 4 is 29.0 Å². The Kier molecular flexibility index (Phi) is 4.47. The number of nitrogens with zero attached hydrogens (tertiary/aromatic N) is 1. The molecule has 2 heterocycles. The Labute approximate surface area is 132 Å². The Morgan fingerprint density at radius 1 is 1.27 bits per heavy atom. The third-order valence-electron chi connectivity index (χ3n) is 3.68. The van der Waals surface area contributed by atoms with Gasteiger partial charge in [0.15, 0.2) is 6.67 Å². The van der Waals surface area contributed by atoms with Crippen LogP contribution in [-0.4, -0.2) is 54.1 Å². The highest BCUT2D eigenvalue weighted by Crippen LogP contribution is 2.32. The molecule has 1 aromatic carbocycles. The summed E-state index contributed by atoms with van der Waals surface area (Å²) in [7, 11) is 0. The normalized spacial score (nSPS) is 21.8. The van der Waals surface area contributed by atoms with Crippen LogP contribution in [0.1, 0.15) is 5.56 Å². The number of para-hydroxylation sites is 1. The van der Waals surface area contributed by atoms with Gasteiger partial charge in [0.25, 0.3) is 11.1 Å². The molecule has 0 atom stereocenters. The first kappa shape index (κ1) is 15.1. The highest BCUT2D eigenvalue weighted by Gasteiger charge is 2.37. The van der Waals surface area contributed by atoms with Crippen LogP contribution in [0.3, 0.4) is 0 Å². The van der Waals surface area contributed by atoms with Crippen LogP contribution in [-0.2, 0) is 9.53 Å². The van der Waals surface area contributed by atoms with E-state index in [1.165, 1.54) is 4.90 Å². The predicted octanol–water partition coefficient (Wildman–Crippen LogP) is 0.301. The van der Waals surface area contributed by atoms with E-state index in [1.54, 1.807) is 30.3 Å². The molecule has 2 saturated heterocycles. The number of ether oxygens (including phenoxy) is 1. The molecule has 7 heteroatoms. The quantitative estimate of drug-likeness (QED) is 0.784. The van der Waals surface area contributed by atoms with Crippen LogP contribution in [0, 0.1) is 0 Å². The lowest BCUT2D eigenvalue weighted by Crippen LogP contribution is -3.15. The van der Waals surface area contributed by atoms with E-state index in [-0.39, 0.29) is 16.9 Å². The fourth-order valence-electron chi connectivity index (χ4n) is 2.43. The van der Waals surface area contributed by atoms with E-state index in [1.807, 2.05) is 0 Å². The average molecular weight is 321 g/mol. The number of nitrogens with one attached hydrogen (secondary N) is 1. The van der Waals surface area contributed by atoms with E-state index in [0.29, 0.717) is 30.4 Å². The second-order valence-electron chi connectivity index (χ2n) is 5.19. The molecule has 0 radical (unpaired) electrons. The first-order valence-corrected chi connectivity index (χ1v) is 7.91. The highest BCUT2D eigenvalue weighted by molar-refractivity contribution is 8.18. The number of rotatable bonds is 3. The Balaban J connectivity index is 1.75. The van der Waals surface area contributed by atoms with Gasteiger partial charge in [-0.1, -0.05) is 18.2 Å². The van der Waals surface area contributed by atoms with E-state index in [0.717, 1.165) is 29.8 Å². The number of phenols is 1. The summed E-state index contributed by atoms with van der Waals surface area (Å²) in [5, 5.41) is 9.51. The van der Waals surface area contributed by atoms with Gasteiger partial charge < -0.3 is 14.7 Å². The zero-order valence-electron chi connectivity index (χ0n) is 11.9. The lowest BCUT2D eigenvalue weighted by atomic mass is 10.2. The number of amides is 2. The standard InChI is InChI=1S/C15H16N2O4S/c18-12-4-2-1-3-11(12)9-13-14(19)17(15(20)22-13)10-16-5-7-21-8-6-16/h1-4,9,18H,5-8,10H2/p+1. The van der Waals surface area contributed by atoms with Crippen molar-refractivity contribution in [1.29, 1.82) is 0 Å². The van der Waals surface area contributed by atoms with Crippen LogP contribution in [0.2, 0.25) is 0 Å². The van der Waals surface area contributed by atoms with Crippen molar-refractivity contribution in [3.63, 3.8) is 0 Å². The molecule has 0 unspecified atom stereocenters. The third kappa shape index (κ3) is 3.16. The van der Waals surface area contributed by atoms with Crippen LogP contribution >= 0.6 is 11.8 Å². The lowest BCUT2D eigenvalue weighted by Gasteiger charge is -2.26. The second kappa shape index (κ2) is 6.51. The summed E-state index contributed by atoms with van der Waals surface area (Å²) >= 11 is 0.917. The summed E-state index contributed by atoms with van der Waals surface area (Å²) in [6.45, 7) is 3.26. The number of carbonyl (C=O) groups is 2. The highest BCUT2D eigenvalue weighted by atomic mass is 32.2. The summed E-state index contributed by atoms with van der Waals surface area (Å²) < 4.78 is 5.28. The molecule has 116 valence electrons. The summed E-state index contributed by atoms with van der Waals surface area (Å²) in [5.74, 6) is -0.203. The van der Waals surface area contributed by atoms with Crippen molar-refractivity contribution in [2.75, 3.05) is 33.0 Å². The minimum atomic E-state index is -0.294. The number of imide groups is 1. The zero-order valence-corrected chi connectivity index (χ0v) is 12.8. The van der Waals surface area contributed by atoms with Gasteiger partial charge in [0.2, 0.25) is 0 Å². The lowest BCUT2D eigenvalue weighted by molar-refractivity contribution is -0.915. The van der Waals surface area contributed by atoms with Gasteiger partial charge >= 0.3 is 0 Å². The van der Waals surface area contributed by atoms with E-state index < -0.39 is 0 Å². The number of phenolic OH excluding ortho intramolecular Hbond substituents is 1. The fourth-order valence-corrected chi connectivity index (χ4v) is 3.26. The van der Waals surface area contributed by atoms with Crippen molar-refractivity contribution in [2.45, 2.75) is 0 Å². The molecule has 0 spiro atoms. The van der Waals surface area contributed by atoms with Gasteiger partial charge in [-0.05, 0) is 23.9 Å². The van der Waals surface area contributed by atoms with Crippen LogP contribution in [0.5, 0.6) is 5.75 Å². The summed E-state index contributed by atoms with van der Waals surface area (Å²) in [4.78, 5) is 27.2. The van der Waals surface area contributed by atoms with Gasteiger partial charge in [0, 0.05) is 5.56 Å². The number of thioether (sulfide) groups is 1. The molecule has 2 N–H and O–H groups in total. The van der Waals surface area contributed by atoms with Crippen LogP contribution in [0.15, 0.2) is 29.2 Å². The molecule has 2 aliphatic rings. The van der Waals surface area contributed by atoms with Crippen molar-refractivity contribution in [3.8, 4) is 5.75 Å². The number of benzene rings is 1. The smallest absolute Gasteiger partial charge is 0.298 e. The Morgan fingerprint density at radius 3 is 2.73 bits per heavy atom. The maximum atomic E-state index is 12.4. The summed E-state index contributed by atoms with van der Waals surface area (Å²) in [5.41, 5.74) is 0.534. The zero-order chi connectivity index (χ0) is 15.5. The number of carbonyl (C=O) groups excluding carboxylic acids is 2. The number of morpholine rings is 1. The van der Waals surface area contributed by atoms with Gasteiger partial charge in [-0.25, -0.2) is 4.90 Å². The van der Waals surface area contributed by atoms with E-state index in [9.17, 15) is 14.7 Å². The van der Waals surface area contributed by atoms with Crippen molar-refractivity contribution in [3.05, 3.63) is 34.7 Å². The van der Waals surface area contributed by atoms with E-state index in [4.69, 9.17) is 4.74 Å². The molecule has 6 nitrogen and oxygen atoms in total. The summed E-state index contributed by atoms with van der Waals surface area (Å²) in [6, 6.07) is 6.73. The number of quaternary nitrogens is 1. The monoisotopic (exact) mass is 321 g/mol. The van der Waals surface area contributed by atoms with Gasteiger partial charge in [0.05, 0.1) is 18.1 Å². The maximum Gasteiger partial charge on any atom is 0.298 e. The molecular formula is C15H17N2O4S+. The predicted molar refractivity (Wildman–Crippen MR) is 82.3 cm³/mol. The Hall–Kier alpha value is -1.83. The topological polar surface area (TPSA) is 71.3 Å². The molecule has 0 aromatic heterocycles. The first-order chi connectivity index (χ1) is 10.6. The van der Waals surface area contributed by atoms with E-state index in [2.05, 4.69) is 0 Å². The Morgan fingerprint density at radius 2 is 2.00 bits per heavy atom. The molecule has 3 rings (SSSR count). The number of hydrogen-bond donors (Lipinski definition) is 2. The van der Waals surface area contributed by atoms with Crippen molar-refractivity contribution in [1.82, 2.24) is 4.90 Å². The van der Waals surface area contributed by atoms with Gasteiger partial charge in [0.1, 0.15) is 18.8 Å². The van der Waals surface area contributed by atoms with Gasteiger partial charge in [-0.3, -0.25) is 9.59 Å². The largest absolute Gasteiger partial charge is 0.507 e. The molecule has 2 fully saturated rings. The van der Waals surface area contributed by atoms with Crippen LogP contribution in [0.4, 0.5) is 4.79 Å². The molecular weight excluding hydrogens is 304 g/mol. The molecule has 0 bridgehead atoms. The minimum absolute atomic E-state index is 0.0908. The SMILES string of the molecule is O=C1SC(=Cc2ccccc2O)C(=O)N1C[NH+]1CCOCC1. The number of hydrogen-bond acceptors (Lipinski definition) is 5. The molecule has 22 heavy (non-hydrogen) atoms. The molecule has 2 aliphatic heterocycles. The van der Waals surface area contributed by atoms with Crippen molar-refractivity contribution in [2.24, 2.45) is 0 Å². The Bertz CT molecular complexity index is 626. The molecule has 1 aromatic rings. The number of aromatic hydroxyl groups is 1. The van der Waals surface area contributed by atoms with Gasteiger partial charge in [-0.2, -0.15) is 0 Å². The van der Waals surface area contributed by atoms with Crippen LogP contribution < -0.4 is 4.90 Å². The molecule has 2 amide bonds. The minimum Gasteiger partial charge on any atom is -0.507 e. The molecule has 0 saturated carbocycles. The van der Waals surface area contributed by atoms with Crippen molar-refractivity contribution < 1.29 is 24.3 Å². The van der Waals surface area contributed by atoms with E-state index >= 15 is 0 Å². The maximum absolute atomic E-state index is 12.4. The first-order valence-electron chi connectivity index (χ1n) is 7.10. The summed E-state index contributed by atoms with van der Waals surface area (Å²) in [6.07, 6.45) is 1.56. The molecule has 0 aliphatic carbocycles. The second-order valence-corrected chi connectivity index (χ2v) is 6.18.